The zero-order valence-electron chi connectivity index (χ0n) is 13.8. The average Bonchev–Trinajstić information content (AvgIpc) is 2.61. The van der Waals surface area contributed by atoms with E-state index in [2.05, 4.69) is 26.6 Å². The van der Waals surface area contributed by atoms with Crippen molar-refractivity contribution in [3.63, 3.8) is 0 Å². The van der Waals surface area contributed by atoms with Gasteiger partial charge in [0.1, 0.15) is 5.75 Å². The van der Waals surface area contributed by atoms with E-state index in [1.807, 2.05) is 12.1 Å². The summed E-state index contributed by atoms with van der Waals surface area (Å²) in [5, 5.41) is 5.43. The third kappa shape index (κ3) is 6.56. The van der Waals surface area contributed by atoms with Crippen molar-refractivity contribution in [2.45, 2.75) is 0 Å². The summed E-state index contributed by atoms with van der Waals surface area (Å²) in [4.78, 5) is 24.0. The normalized spacial score (nSPS) is 10.2. The van der Waals surface area contributed by atoms with Crippen LogP contribution in [0.2, 0.25) is 0 Å². The lowest BCUT2D eigenvalue weighted by Gasteiger charge is -2.09. The molecule has 0 spiro atoms. The van der Waals surface area contributed by atoms with E-state index in [0.29, 0.717) is 30.2 Å². The van der Waals surface area contributed by atoms with E-state index < -0.39 is 0 Å². The van der Waals surface area contributed by atoms with Crippen molar-refractivity contribution in [2.75, 3.05) is 32.2 Å². The first-order chi connectivity index (χ1) is 12.1. The van der Waals surface area contributed by atoms with Gasteiger partial charge in [0.05, 0.1) is 6.61 Å². The molecule has 2 amide bonds. The number of hydrogen-bond acceptors (Lipinski definition) is 4. The zero-order chi connectivity index (χ0) is 18.1. The number of rotatable bonds is 8. The Balaban J connectivity index is 1.86. The molecule has 25 heavy (non-hydrogen) atoms. The second-order valence-corrected chi connectivity index (χ2v) is 6.04. The van der Waals surface area contributed by atoms with E-state index >= 15 is 0 Å². The summed E-state index contributed by atoms with van der Waals surface area (Å²) in [5.41, 5.74) is 0.992. The number of ether oxygens (including phenoxy) is 2. The molecule has 2 rings (SSSR count). The number of methoxy groups -OCH3 is 1. The minimum Gasteiger partial charge on any atom is -0.484 e. The Kier molecular flexibility index (Phi) is 7.43. The molecule has 0 aliphatic carbocycles. The molecule has 7 heteroatoms. The van der Waals surface area contributed by atoms with E-state index in [1.54, 1.807) is 43.5 Å². The van der Waals surface area contributed by atoms with Crippen LogP contribution in [0.5, 0.6) is 5.75 Å². The fourth-order valence-electron chi connectivity index (χ4n) is 1.98. The van der Waals surface area contributed by atoms with Crippen molar-refractivity contribution in [3.8, 4) is 5.75 Å². The van der Waals surface area contributed by atoms with Gasteiger partial charge < -0.3 is 20.1 Å². The second-order valence-electron chi connectivity index (χ2n) is 5.12. The molecule has 6 nitrogen and oxygen atoms in total. The van der Waals surface area contributed by atoms with Crippen LogP contribution >= 0.6 is 15.9 Å². The molecule has 0 aliphatic rings. The molecule has 0 radical (unpaired) electrons. The average molecular weight is 407 g/mol. The minimum atomic E-state index is -0.306. The molecule has 0 fully saturated rings. The highest BCUT2D eigenvalue weighted by Gasteiger charge is 2.08. The molecule has 2 aromatic carbocycles. The van der Waals surface area contributed by atoms with E-state index in [0.717, 1.165) is 4.47 Å². The first-order valence-corrected chi connectivity index (χ1v) is 8.43. The van der Waals surface area contributed by atoms with Crippen LogP contribution in [0, 0.1) is 0 Å². The summed E-state index contributed by atoms with van der Waals surface area (Å²) >= 11 is 3.33. The predicted octanol–water partition coefficient (Wildman–Crippen LogP) is 2.84. The number of hydrogen-bond donors (Lipinski definition) is 2. The van der Waals surface area contributed by atoms with Crippen molar-refractivity contribution >= 4 is 33.4 Å². The number of amides is 2. The lowest BCUT2D eigenvalue weighted by molar-refractivity contribution is -0.118. The standard InChI is InChI=1S/C18H19BrN2O4/c1-24-10-9-20-18(23)13-3-2-4-15(11-13)21-17(22)12-25-16-7-5-14(19)6-8-16/h2-8,11H,9-10,12H2,1H3,(H,20,23)(H,21,22). The summed E-state index contributed by atoms with van der Waals surface area (Å²) in [6.07, 6.45) is 0. The van der Waals surface area contributed by atoms with Gasteiger partial charge >= 0.3 is 0 Å². The van der Waals surface area contributed by atoms with Gasteiger partial charge in [0.2, 0.25) is 0 Å². The monoisotopic (exact) mass is 406 g/mol. The van der Waals surface area contributed by atoms with Crippen molar-refractivity contribution < 1.29 is 19.1 Å². The van der Waals surface area contributed by atoms with Gasteiger partial charge in [0.15, 0.2) is 6.61 Å². The Bertz CT molecular complexity index is 719. The maximum absolute atomic E-state index is 12.0. The highest BCUT2D eigenvalue weighted by atomic mass is 79.9. The number of benzene rings is 2. The van der Waals surface area contributed by atoms with E-state index in [4.69, 9.17) is 9.47 Å². The van der Waals surface area contributed by atoms with Gasteiger partial charge in [-0.05, 0) is 42.5 Å². The Morgan fingerprint density at radius 3 is 2.60 bits per heavy atom. The van der Waals surface area contributed by atoms with E-state index in [1.165, 1.54) is 0 Å². The summed E-state index contributed by atoms with van der Waals surface area (Å²) in [6, 6.07) is 13.9. The molecule has 0 saturated heterocycles. The number of anilines is 1. The fourth-order valence-corrected chi connectivity index (χ4v) is 2.25. The zero-order valence-corrected chi connectivity index (χ0v) is 15.3. The third-order valence-electron chi connectivity index (χ3n) is 3.18. The van der Waals surface area contributed by atoms with E-state index in [-0.39, 0.29) is 18.4 Å². The predicted molar refractivity (Wildman–Crippen MR) is 98.9 cm³/mol. The summed E-state index contributed by atoms with van der Waals surface area (Å²) < 4.78 is 11.2. The van der Waals surface area contributed by atoms with Crippen LogP contribution in [0.1, 0.15) is 10.4 Å². The van der Waals surface area contributed by atoms with Crippen molar-refractivity contribution in [1.82, 2.24) is 5.32 Å². The first kappa shape index (κ1) is 19.0. The Hall–Kier alpha value is -2.38. The molecule has 0 unspecified atom stereocenters. The third-order valence-corrected chi connectivity index (χ3v) is 3.71. The molecular weight excluding hydrogens is 388 g/mol. The van der Waals surface area contributed by atoms with Crippen molar-refractivity contribution in [3.05, 3.63) is 58.6 Å². The molecule has 0 atom stereocenters. The highest BCUT2D eigenvalue weighted by molar-refractivity contribution is 9.10. The topological polar surface area (TPSA) is 76.7 Å². The molecule has 132 valence electrons. The van der Waals surface area contributed by atoms with Gasteiger partial charge in [0, 0.05) is 29.4 Å². The Morgan fingerprint density at radius 1 is 1.12 bits per heavy atom. The maximum Gasteiger partial charge on any atom is 0.262 e. The SMILES string of the molecule is COCCNC(=O)c1cccc(NC(=O)COc2ccc(Br)cc2)c1. The second kappa shape index (κ2) is 9.80. The van der Waals surface area contributed by atoms with E-state index in [9.17, 15) is 9.59 Å². The lowest BCUT2D eigenvalue weighted by Crippen LogP contribution is -2.27. The Labute approximate surface area is 154 Å². The van der Waals surface area contributed by atoms with Gasteiger partial charge in [-0.15, -0.1) is 0 Å². The molecule has 2 N–H and O–H groups in total. The van der Waals surface area contributed by atoms with Gasteiger partial charge in [-0.1, -0.05) is 22.0 Å². The molecule has 0 aliphatic heterocycles. The summed E-state index contributed by atoms with van der Waals surface area (Å²) in [6.45, 7) is 0.744. The number of carbonyl (C=O) groups excluding carboxylic acids is 2. The van der Waals surface area contributed by atoms with Crippen LogP contribution in [0.15, 0.2) is 53.0 Å². The molecule has 2 aromatic rings. The maximum atomic E-state index is 12.0. The van der Waals surface area contributed by atoms with Crippen LogP contribution in [0.4, 0.5) is 5.69 Å². The summed E-state index contributed by atoms with van der Waals surface area (Å²) in [5.74, 6) is 0.0729. The smallest absolute Gasteiger partial charge is 0.262 e. The molecular formula is C18H19BrN2O4. The van der Waals surface area contributed by atoms with Crippen LogP contribution in [-0.4, -0.2) is 38.7 Å². The molecule has 0 bridgehead atoms. The highest BCUT2D eigenvalue weighted by Crippen LogP contribution is 2.16. The molecule has 0 heterocycles. The van der Waals surface area contributed by atoms with Gasteiger partial charge in [-0.25, -0.2) is 0 Å². The quantitative estimate of drug-likeness (QED) is 0.660. The van der Waals surface area contributed by atoms with Crippen LogP contribution in [-0.2, 0) is 9.53 Å². The first-order valence-electron chi connectivity index (χ1n) is 7.64. The Morgan fingerprint density at radius 2 is 1.88 bits per heavy atom. The van der Waals surface area contributed by atoms with Crippen molar-refractivity contribution in [2.24, 2.45) is 0 Å². The molecule has 0 aromatic heterocycles. The minimum absolute atomic E-state index is 0.119. The molecule has 0 saturated carbocycles. The number of halogens is 1. The van der Waals surface area contributed by atoms with Gasteiger partial charge in [-0.3, -0.25) is 9.59 Å². The van der Waals surface area contributed by atoms with Crippen molar-refractivity contribution in [1.29, 1.82) is 0 Å². The van der Waals surface area contributed by atoms with Gasteiger partial charge in [-0.2, -0.15) is 0 Å². The number of carbonyl (C=O) groups is 2. The van der Waals surface area contributed by atoms with Crippen LogP contribution in [0.25, 0.3) is 0 Å². The lowest BCUT2D eigenvalue weighted by atomic mass is 10.2. The van der Waals surface area contributed by atoms with Gasteiger partial charge in [0.25, 0.3) is 11.8 Å². The number of nitrogens with one attached hydrogen (secondary N) is 2. The fraction of sp³-hybridized carbons (Fsp3) is 0.222. The van der Waals surface area contributed by atoms with Crippen LogP contribution in [0.3, 0.4) is 0 Å². The van der Waals surface area contributed by atoms with Crippen LogP contribution < -0.4 is 15.4 Å². The largest absolute Gasteiger partial charge is 0.484 e. The summed E-state index contributed by atoms with van der Waals surface area (Å²) in [7, 11) is 1.57.